The van der Waals surface area contributed by atoms with Gasteiger partial charge in [0.25, 0.3) is 5.91 Å². The predicted octanol–water partition coefficient (Wildman–Crippen LogP) is 4.15. The average Bonchev–Trinajstić information content (AvgIpc) is 3.41. The Morgan fingerprint density at radius 1 is 0.946 bits per heavy atom. The number of hydrazine groups is 1. The molecule has 9 nitrogen and oxygen atoms in total. The molecule has 0 saturated carbocycles. The van der Waals surface area contributed by atoms with Gasteiger partial charge in [-0.25, -0.2) is 0 Å². The number of hydrogen-bond donors (Lipinski definition) is 3. The Bertz CT molecular complexity index is 1500. The summed E-state index contributed by atoms with van der Waals surface area (Å²) in [5, 5.41) is 18.6. The molecule has 0 fully saturated rings. The van der Waals surface area contributed by atoms with Crippen LogP contribution in [0.4, 0.5) is 5.69 Å². The van der Waals surface area contributed by atoms with Gasteiger partial charge in [0.2, 0.25) is 11.7 Å². The molecule has 184 valence electrons. The fourth-order valence-corrected chi connectivity index (χ4v) is 3.71. The van der Waals surface area contributed by atoms with E-state index < -0.39 is 11.8 Å². The maximum atomic E-state index is 12.8. The lowest BCUT2D eigenvalue weighted by molar-refractivity contribution is -0.116. The van der Waals surface area contributed by atoms with Crippen molar-refractivity contribution >= 4 is 23.4 Å². The minimum Gasteiger partial charge on any atom is -0.507 e. The maximum absolute atomic E-state index is 12.8. The standard InChI is InChI=1S/C28H22N4O5/c1-18(33)32(17-19-6-3-2-4-7-19)23-9-5-8-20(15-23)24-12-13-37-26(24)28(36)31-30-27(35)21-10-11-25(34)22(14-21)16-29/h2-15,34H,17H2,1H3,(H,30,35)(H,31,36). The van der Waals surface area contributed by atoms with Gasteiger partial charge in [-0.1, -0.05) is 42.5 Å². The first-order chi connectivity index (χ1) is 17.9. The number of nitrogens with one attached hydrogen (secondary N) is 2. The summed E-state index contributed by atoms with van der Waals surface area (Å²) in [6.07, 6.45) is 1.35. The van der Waals surface area contributed by atoms with Crippen molar-refractivity contribution in [1.82, 2.24) is 10.9 Å². The van der Waals surface area contributed by atoms with Crippen molar-refractivity contribution in [3.05, 3.63) is 108 Å². The van der Waals surface area contributed by atoms with Crippen LogP contribution in [0.3, 0.4) is 0 Å². The number of phenolic OH excluding ortho intramolecular Hbond substituents is 1. The topological polar surface area (TPSA) is 136 Å². The molecule has 3 N–H and O–H groups in total. The number of rotatable bonds is 6. The zero-order chi connectivity index (χ0) is 26.4. The van der Waals surface area contributed by atoms with E-state index in [1.54, 1.807) is 41.3 Å². The van der Waals surface area contributed by atoms with E-state index in [-0.39, 0.29) is 28.5 Å². The molecule has 0 radical (unpaired) electrons. The number of carbonyl (C=O) groups is 3. The quantitative estimate of drug-likeness (QED) is 0.345. The molecular weight excluding hydrogens is 472 g/mol. The molecule has 1 aromatic heterocycles. The highest BCUT2D eigenvalue weighted by Gasteiger charge is 2.20. The van der Waals surface area contributed by atoms with Crippen LogP contribution in [0.2, 0.25) is 0 Å². The molecule has 9 heteroatoms. The molecule has 0 aliphatic carbocycles. The van der Waals surface area contributed by atoms with Gasteiger partial charge in [0.15, 0.2) is 0 Å². The molecule has 4 rings (SSSR count). The molecule has 0 saturated heterocycles. The van der Waals surface area contributed by atoms with Crippen LogP contribution in [-0.2, 0) is 11.3 Å². The van der Waals surface area contributed by atoms with Crippen LogP contribution < -0.4 is 15.8 Å². The molecular formula is C28H22N4O5. The molecule has 0 aliphatic heterocycles. The van der Waals surface area contributed by atoms with E-state index in [1.165, 1.54) is 31.4 Å². The largest absolute Gasteiger partial charge is 0.507 e. The normalized spacial score (nSPS) is 10.3. The number of benzene rings is 3. The van der Waals surface area contributed by atoms with Crippen molar-refractivity contribution in [1.29, 1.82) is 5.26 Å². The minimum absolute atomic E-state index is 0.0432. The van der Waals surface area contributed by atoms with E-state index in [9.17, 15) is 19.5 Å². The van der Waals surface area contributed by atoms with E-state index in [2.05, 4.69) is 10.9 Å². The summed E-state index contributed by atoms with van der Waals surface area (Å²) in [4.78, 5) is 39.3. The van der Waals surface area contributed by atoms with Crippen LogP contribution in [0.25, 0.3) is 11.1 Å². The number of anilines is 1. The number of nitriles is 1. The number of amides is 3. The zero-order valence-electron chi connectivity index (χ0n) is 19.8. The summed E-state index contributed by atoms with van der Waals surface area (Å²) in [6.45, 7) is 1.87. The third-order valence-corrected chi connectivity index (χ3v) is 5.57. The second-order valence-electron chi connectivity index (χ2n) is 8.06. The molecule has 3 amide bonds. The summed E-state index contributed by atoms with van der Waals surface area (Å²) in [5.74, 6) is -1.82. The molecule has 0 aliphatic rings. The van der Waals surface area contributed by atoms with Crippen LogP contribution in [0.15, 0.2) is 89.5 Å². The van der Waals surface area contributed by atoms with Gasteiger partial charge < -0.3 is 14.4 Å². The number of hydrogen-bond acceptors (Lipinski definition) is 6. The molecule has 3 aromatic carbocycles. The van der Waals surface area contributed by atoms with E-state index in [0.29, 0.717) is 23.4 Å². The summed E-state index contributed by atoms with van der Waals surface area (Å²) >= 11 is 0. The SMILES string of the molecule is CC(=O)N(Cc1ccccc1)c1cccc(-c2ccoc2C(=O)NNC(=O)c2ccc(O)c(C#N)c2)c1. The Morgan fingerprint density at radius 2 is 1.70 bits per heavy atom. The lowest BCUT2D eigenvalue weighted by atomic mass is 10.0. The molecule has 4 aromatic rings. The molecule has 0 unspecified atom stereocenters. The molecule has 0 spiro atoms. The summed E-state index contributed by atoms with van der Waals surface area (Å²) in [7, 11) is 0. The maximum Gasteiger partial charge on any atom is 0.306 e. The van der Waals surface area contributed by atoms with Crippen LogP contribution in [0.5, 0.6) is 5.75 Å². The van der Waals surface area contributed by atoms with Gasteiger partial charge >= 0.3 is 5.91 Å². The summed E-state index contributed by atoms with van der Waals surface area (Å²) in [6, 6.07) is 23.9. The van der Waals surface area contributed by atoms with Crippen LogP contribution in [0.1, 0.15) is 39.0 Å². The lowest BCUT2D eigenvalue weighted by Crippen LogP contribution is -2.41. The Hall–Kier alpha value is -5.36. The fourth-order valence-electron chi connectivity index (χ4n) is 3.71. The fraction of sp³-hybridized carbons (Fsp3) is 0.0714. The molecule has 1 heterocycles. The first kappa shape index (κ1) is 24.8. The van der Waals surface area contributed by atoms with Gasteiger partial charge in [-0.2, -0.15) is 5.26 Å². The van der Waals surface area contributed by atoms with Gasteiger partial charge in [-0.3, -0.25) is 25.2 Å². The highest BCUT2D eigenvalue weighted by Crippen LogP contribution is 2.29. The number of furan rings is 1. The van der Waals surface area contributed by atoms with E-state index >= 15 is 0 Å². The second-order valence-corrected chi connectivity index (χ2v) is 8.06. The lowest BCUT2D eigenvalue weighted by Gasteiger charge is -2.22. The van der Waals surface area contributed by atoms with Gasteiger partial charge in [-0.15, -0.1) is 0 Å². The first-order valence-corrected chi connectivity index (χ1v) is 11.2. The number of nitrogens with zero attached hydrogens (tertiary/aromatic N) is 2. The van der Waals surface area contributed by atoms with Gasteiger partial charge in [0, 0.05) is 23.7 Å². The van der Waals surface area contributed by atoms with Gasteiger partial charge in [0.05, 0.1) is 18.4 Å². The monoisotopic (exact) mass is 494 g/mol. The Labute approximate surface area is 212 Å². The first-order valence-electron chi connectivity index (χ1n) is 11.2. The van der Waals surface area contributed by atoms with Crippen LogP contribution in [0, 0.1) is 11.3 Å². The number of carbonyl (C=O) groups excluding carboxylic acids is 3. The Balaban J connectivity index is 1.51. The van der Waals surface area contributed by atoms with Crippen molar-refractivity contribution in [2.24, 2.45) is 0 Å². The number of aromatic hydroxyl groups is 1. The molecule has 37 heavy (non-hydrogen) atoms. The highest BCUT2D eigenvalue weighted by molar-refractivity contribution is 6.01. The molecule has 0 bridgehead atoms. The van der Waals surface area contributed by atoms with Crippen molar-refractivity contribution in [3.8, 4) is 22.9 Å². The van der Waals surface area contributed by atoms with E-state index in [1.807, 2.05) is 30.3 Å². The summed E-state index contributed by atoms with van der Waals surface area (Å²) in [5.41, 5.74) is 7.28. The van der Waals surface area contributed by atoms with E-state index in [0.717, 1.165) is 5.56 Å². The van der Waals surface area contributed by atoms with Gasteiger partial charge in [-0.05, 0) is 47.5 Å². The third-order valence-electron chi connectivity index (χ3n) is 5.57. The average molecular weight is 495 g/mol. The number of phenols is 1. The summed E-state index contributed by atoms with van der Waals surface area (Å²) < 4.78 is 5.39. The van der Waals surface area contributed by atoms with Crippen molar-refractivity contribution in [2.75, 3.05) is 4.90 Å². The van der Waals surface area contributed by atoms with E-state index in [4.69, 9.17) is 9.68 Å². The predicted molar refractivity (Wildman–Crippen MR) is 135 cm³/mol. The minimum atomic E-state index is -0.703. The van der Waals surface area contributed by atoms with Crippen LogP contribution >= 0.6 is 0 Å². The molecule has 0 atom stereocenters. The van der Waals surface area contributed by atoms with Crippen molar-refractivity contribution in [3.63, 3.8) is 0 Å². The van der Waals surface area contributed by atoms with Gasteiger partial charge in [0.1, 0.15) is 11.8 Å². The van der Waals surface area contributed by atoms with Crippen molar-refractivity contribution in [2.45, 2.75) is 13.5 Å². The third kappa shape index (κ3) is 5.66. The van der Waals surface area contributed by atoms with Crippen LogP contribution in [-0.4, -0.2) is 22.8 Å². The van der Waals surface area contributed by atoms with Crippen molar-refractivity contribution < 1.29 is 23.9 Å². The second kappa shape index (κ2) is 10.9. The highest BCUT2D eigenvalue weighted by atomic mass is 16.3. The Morgan fingerprint density at radius 3 is 2.43 bits per heavy atom. The Kier molecular flexibility index (Phi) is 7.31. The smallest absolute Gasteiger partial charge is 0.306 e. The zero-order valence-corrected chi connectivity index (χ0v) is 19.8.